The summed E-state index contributed by atoms with van der Waals surface area (Å²) in [4.78, 5) is 0. The van der Waals surface area contributed by atoms with E-state index in [2.05, 4.69) is 46.1 Å². The zero-order chi connectivity index (χ0) is 13.9. The minimum absolute atomic E-state index is 0.853. The van der Waals surface area contributed by atoms with Crippen LogP contribution in [0, 0.1) is 12.7 Å². The molecule has 4 heteroatoms. The van der Waals surface area contributed by atoms with E-state index in [0.717, 1.165) is 13.1 Å². The number of aryl methyl sites for hydroxylation is 2. The summed E-state index contributed by atoms with van der Waals surface area (Å²) in [5, 5.41) is 0. The Bertz CT molecular complexity index is 630. The molecular formula is C16H18N4. The fourth-order valence-electron chi connectivity index (χ4n) is 2.22. The lowest BCUT2D eigenvalue weighted by Gasteiger charge is -2.04. The smallest absolute Gasteiger partial charge is 0.203 e. The van der Waals surface area contributed by atoms with E-state index < -0.39 is 0 Å². The summed E-state index contributed by atoms with van der Waals surface area (Å²) in [5.41, 5.74) is 2.56. The molecule has 0 radical (unpaired) electrons. The Morgan fingerprint density at radius 2 is 1.20 bits per heavy atom. The standard InChI is InChI=1S/C16H18N4/c1-17-7-9-19(13-17)11-15-3-5-16(6-4-15)12-20-10-8-18(2)14-20/h3-10H,11-12H2,1-2H3. The molecule has 102 valence electrons. The van der Waals surface area contributed by atoms with Crippen LogP contribution >= 0.6 is 0 Å². The molecule has 0 amide bonds. The second kappa shape index (κ2) is 5.33. The van der Waals surface area contributed by atoms with Crippen molar-refractivity contribution < 1.29 is 9.13 Å². The molecule has 3 rings (SSSR count). The van der Waals surface area contributed by atoms with Crippen molar-refractivity contribution in [3.8, 4) is 0 Å². The fraction of sp³-hybridized carbons (Fsp3) is 0.250. The predicted octanol–water partition coefficient (Wildman–Crippen LogP) is 0.636. The van der Waals surface area contributed by atoms with Crippen molar-refractivity contribution in [3.63, 3.8) is 0 Å². The molecule has 0 saturated carbocycles. The van der Waals surface area contributed by atoms with E-state index in [9.17, 15) is 0 Å². The molecule has 0 N–H and O–H groups in total. The van der Waals surface area contributed by atoms with Gasteiger partial charge in [-0.3, -0.25) is 0 Å². The van der Waals surface area contributed by atoms with Crippen LogP contribution < -0.4 is 9.13 Å². The molecule has 0 unspecified atom stereocenters. The van der Waals surface area contributed by atoms with Crippen molar-refractivity contribution in [1.29, 1.82) is 0 Å². The summed E-state index contributed by atoms with van der Waals surface area (Å²) in [6.07, 6.45) is 14.5. The number of hydrogen-bond acceptors (Lipinski definition) is 0. The van der Waals surface area contributed by atoms with Gasteiger partial charge in [-0.05, 0) is 35.9 Å². The number of nitrogens with zero attached hydrogens (tertiary/aromatic N) is 4. The van der Waals surface area contributed by atoms with Gasteiger partial charge in [0, 0.05) is 0 Å². The largest absolute Gasteiger partial charge is 0.354 e. The van der Waals surface area contributed by atoms with Gasteiger partial charge in [-0.2, -0.15) is 0 Å². The van der Waals surface area contributed by atoms with Crippen molar-refractivity contribution in [2.45, 2.75) is 13.1 Å². The van der Waals surface area contributed by atoms with Gasteiger partial charge in [-0.25, -0.2) is 0 Å². The second-order valence-electron chi connectivity index (χ2n) is 5.09. The van der Waals surface area contributed by atoms with Gasteiger partial charge in [0.25, 0.3) is 0 Å². The summed E-state index contributed by atoms with van der Waals surface area (Å²) in [7, 11) is 3.96. The van der Waals surface area contributed by atoms with Gasteiger partial charge in [-0.15, -0.1) is 0 Å². The zero-order valence-corrected chi connectivity index (χ0v) is 11.8. The van der Waals surface area contributed by atoms with Crippen LogP contribution in [0.2, 0.25) is 0 Å². The molecule has 0 spiro atoms. The van der Waals surface area contributed by atoms with Crippen LogP contribution in [-0.2, 0) is 27.2 Å². The molecule has 0 bridgehead atoms. The number of aromatic nitrogens is 4. The summed E-state index contributed by atoms with van der Waals surface area (Å²) < 4.78 is 7.95. The monoisotopic (exact) mass is 266 g/mol. The first-order chi connectivity index (χ1) is 9.69. The molecule has 0 aliphatic carbocycles. The number of benzene rings is 1. The van der Waals surface area contributed by atoms with Gasteiger partial charge in [0.1, 0.15) is 0 Å². The Morgan fingerprint density at radius 1 is 0.800 bits per heavy atom. The first-order valence-electron chi connectivity index (χ1n) is 6.65. The lowest BCUT2D eigenvalue weighted by molar-refractivity contribution is -0.675. The Kier molecular flexibility index (Phi) is 3.37. The SMILES string of the molecule is C[n+]1[c-]n(Cc2ccc(Cn3[c-][n+](C)cc3)cc2)cc1. The normalized spacial score (nSPS) is 10.9. The molecule has 2 heterocycles. The second-order valence-corrected chi connectivity index (χ2v) is 5.09. The van der Waals surface area contributed by atoms with Crippen LogP contribution in [0.4, 0.5) is 0 Å². The van der Waals surface area contributed by atoms with E-state index in [-0.39, 0.29) is 0 Å². The van der Waals surface area contributed by atoms with E-state index in [1.165, 1.54) is 11.1 Å². The Labute approximate surface area is 119 Å². The highest BCUT2D eigenvalue weighted by Gasteiger charge is 2.00. The Morgan fingerprint density at radius 3 is 1.50 bits per heavy atom. The molecular weight excluding hydrogens is 248 g/mol. The zero-order valence-electron chi connectivity index (χ0n) is 11.8. The molecule has 0 aliphatic heterocycles. The number of hydrogen-bond donors (Lipinski definition) is 0. The van der Waals surface area contributed by atoms with Gasteiger partial charge in [0.05, 0.1) is 27.2 Å². The predicted molar refractivity (Wildman–Crippen MR) is 73.5 cm³/mol. The van der Waals surface area contributed by atoms with Gasteiger partial charge < -0.3 is 18.3 Å². The summed E-state index contributed by atoms with van der Waals surface area (Å²) >= 11 is 0. The fourth-order valence-corrected chi connectivity index (χ4v) is 2.22. The molecule has 4 nitrogen and oxygen atoms in total. The van der Waals surface area contributed by atoms with E-state index in [1.54, 1.807) is 0 Å². The maximum absolute atomic E-state index is 3.20. The molecule has 0 atom stereocenters. The van der Waals surface area contributed by atoms with Crippen LogP contribution in [-0.4, -0.2) is 9.13 Å². The summed E-state index contributed by atoms with van der Waals surface area (Å²) in [5.74, 6) is 0. The van der Waals surface area contributed by atoms with Gasteiger partial charge >= 0.3 is 0 Å². The van der Waals surface area contributed by atoms with E-state index in [4.69, 9.17) is 0 Å². The van der Waals surface area contributed by atoms with E-state index >= 15 is 0 Å². The maximum Gasteiger partial charge on any atom is 0.203 e. The molecule has 1 aromatic carbocycles. The van der Waals surface area contributed by atoms with Gasteiger partial charge in [-0.1, -0.05) is 24.3 Å². The average Bonchev–Trinajstić information content (AvgIpc) is 3.01. The number of imidazole rings is 2. The highest BCUT2D eigenvalue weighted by molar-refractivity contribution is 5.22. The van der Waals surface area contributed by atoms with Crippen molar-refractivity contribution in [2.75, 3.05) is 0 Å². The first-order valence-corrected chi connectivity index (χ1v) is 6.65. The van der Waals surface area contributed by atoms with E-state index in [0.29, 0.717) is 0 Å². The Balaban J connectivity index is 1.68. The van der Waals surface area contributed by atoms with E-state index in [1.807, 2.05) is 48.0 Å². The molecule has 0 aliphatic rings. The lowest BCUT2D eigenvalue weighted by Crippen LogP contribution is -2.24. The topological polar surface area (TPSA) is 17.6 Å². The molecule has 3 aromatic rings. The van der Waals surface area contributed by atoms with Gasteiger partial charge in [0.2, 0.25) is 12.7 Å². The highest BCUT2D eigenvalue weighted by Crippen LogP contribution is 2.07. The minimum atomic E-state index is 0.853. The summed E-state index contributed by atoms with van der Waals surface area (Å²) in [6.45, 7) is 1.71. The number of rotatable bonds is 4. The molecule has 2 aromatic heterocycles. The quantitative estimate of drug-likeness (QED) is 0.487. The molecule has 0 saturated heterocycles. The van der Waals surface area contributed by atoms with Crippen LogP contribution in [0.25, 0.3) is 0 Å². The van der Waals surface area contributed by atoms with Crippen molar-refractivity contribution >= 4 is 0 Å². The van der Waals surface area contributed by atoms with Crippen molar-refractivity contribution in [2.24, 2.45) is 14.1 Å². The third-order valence-corrected chi connectivity index (χ3v) is 3.24. The maximum atomic E-state index is 3.20. The van der Waals surface area contributed by atoms with Crippen LogP contribution in [0.15, 0.2) is 49.1 Å². The third kappa shape index (κ3) is 2.96. The van der Waals surface area contributed by atoms with Crippen molar-refractivity contribution in [1.82, 2.24) is 9.13 Å². The molecule has 20 heavy (non-hydrogen) atoms. The van der Waals surface area contributed by atoms with Crippen LogP contribution in [0.3, 0.4) is 0 Å². The molecule has 0 fully saturated rings. The average molecular weight is 266 g/mol. The van der Waals surface area contributed by atoms with Crippen LogP contribution in [0.5, 0.6) is 0 Å². The third-order valence-electron chi connectivity index (χ3n) is 3.24. The summed E-state index contributed by atoms with van der Waals surface area (Å²) in [6, 6.07) is 8.69. The Hall–Kier alpha value is -2.36. The van der Waals surface area contributed by atoms with Crippen molar-refractivity contribution in [3.05, 3.63) is 72.8 Å². The first kappa shape index (κ1) is 12.7. The van der Waals surface area contributed by atoms with Gasteiger partial charge in [0.15, 0.2) is 0 Å². The minimum Gasteiger partial charge on any atom is -0.354 e. The lowest BCUT2D eigenvalue weighted by atomic mass is 10.1. The van der Waals surface area contributed by atoms with Crippen LogP contribution in [0.1, 0.15) is 11.1 Å². The highest BCUT2D eigenvalue weighted by atomic mass is 15.1.